The van der Waals surface area contributed by atoms with Crippen LogP contribution in [-0.4, -0.2) is 22.5 Å². The second-order valence-electron chi connectivity index (χ2n) is 10.2. The molecule has 0 aromatic rings. The lowest BCUT2D eigenvalue weighted by Gasteiger charge is -2.49. The summed E-state index contributed by atoms with van der Waals surface area (Å²) in [7, 11) is 0. The Morgan fingerprint density at radius 1 is 0.444 bits per heavy atom. The Kier molecular flexibility index (Phi) is 15.8. The zero-order valence-corrected chi connectivity index (χ0v) is 20.5. The van der Waals surface area contributed by atoms with Crippen LogP contribution in [0.25, 0.3) is 0 Å². The van der Waals surface area contributed by atoms with Crippen LogP contribution in [0.4, 0.5) is 0 Å². The van der Waals surface area contributed by atoms with Crippen LogP contribution in [0.2, 0.25) is 0 Å². The van der Waals surface area contributed by atoms with E-state index < -0.39 is 0 Å². The Labute approximate surface area is 174 Å². The van der Waals surface area contributed by atoms with Crippen LogP contribution >= 0.6 is 0 Å². The first kappa shape index (κ1) is 27.0. The fourth-order valence-electron chi connectivity index (χ4n) is 4.71. The predicted molar refractivity (Wildman–Crippen MR) is 126 cm³/mol. The molecule has 0 bridgehead atoms. The van der Waals surface area contributed by atoms with Gasteiger partial charge in [0.25, 0.3) is 0 Å². The minimum Gasteiger partial charge on any atom is -0.293 e. The van der Waals surface area contributed by atoms with E-state index in [1.54, 1.807) is 0 Å². The van der Waals surface area contributed by atoms with Gasteiger partial charge < -0.3 is 0 Å². The molecule has 0 unspecified atom stereocenters. The molecule has 0 atom stereocenters. The van der Waals surface area contributed by atoms with E-state index in [-0.39, 0.29) is 0 Å². The third-order valence-corrected chi connectivity index (χ3v) is 6.48. The quantitative estimate of drug-likeness (QED) is 0.202. The molecule has 0 amide bonds. The minimum atomic E-state index is 0.325. The number of hydrogen-bond acceptors (Lipinski definition) is 1. The molecule has 164 valence electrons. The molecular weight excluding hydrogens is 326 g/mol. The normalized spacial score (nSPS) is 12.9. The standard InChI is InChI=1S/C26H55N/c1-8-11-14-17-18-21-24-27(25(4,5)22-19-15-12-9-2)26(6,7)23-20-16-13-10-3/h8-24H2,1-7H3. The van der Waals surface area contributed by atoms with Gasteiger partial charge in [-0.15, -0.1) is 0 Å². The fourth-order valence-corrected chi connectivity index (χ4v) is 4.71. The maximum Gasteiger partial charge on any atom is 0.0158 e. The van der Waals surface area contributed by atoms with Gasteiger partial charge >= 0.3 is 0 Å². The number of nitrogens with zero attached hydrogens (tertiary/aromatic N) is 1. The lowest BCUT2D eigenvalue weighted by molar-refractivity contribution is 0.00154. The molecule has 0 aromatic carbocycles. The van der Waals surface area contributed by atoms with Crippen LogP contribution in [0, 0.1) is 0 Å². The summed E-state index contributed by atoms with van der Waals surface area (Å²) >= 11 is 0. The molecule has 0 spiro atoms. The van der Waals surface area contributed by atoms with Crippen molar-refractivity contribution in [3.05, 3.63) is 0 Å². The van der Waals surface area contributed by atoms with Crippen LogP contribution in [0.5, 0.6) is 0 Å². The highest BCUT2D eigenvalue weighted by molar-refractivity contribution is 4.92. The predicted octanol–water partition coefficient (Wildman–Crippen LogP) is 9.15. The molecule has 1 nitrogen and oxygen atoms in total. The molecule has 0 saturated heterocycles. The smallest absolute Gasteiger partial charge is 0.0158 e. The molecule has 27 heavy (non-hydrogen) atoms. The Balaban J connectivity index is 4.74. The summed E-state index contributed by atoms with van der Waals surface area (Å²) in [4.78, 5) is 2.90. The molecule has 0 aliphatic heterocycles. The van der Waals surface area contributed by atoms with Crippen LogP contribution in [0.15, 0.2) is 0 Å². The van der Waals surface area contributed by atoms with E-state index in [0.29, 0.717) is 11.1 Å². The van der Waals surface area contributed by atoms with E-state index in [0.717, 1.165) is 0 Å². The van der Waals surface area contributed by atoms with Gasteiger partial charge in [0.1, 0.15) is 0 Å². The third kappa shape index (κ3) is 12.9. The van der Waals surface area contributed by atoms with Gasteiger partial charge in [-0.3, -0.25) is 4.90 Å². The second kappa shape index (κ2) is 15.8. The van der Waals surface area contributed by atoms with E-state index in [4.69, 9.17) is 0 Å². The summed E-state index contributed by atoms with van der Waals surface area (Å²) < 4.78 is 0. The molecule has 0 N–H and O–H groups in total. The molecule has 0 aliphatic rings. The topological polar surface area (TPSA) is 3.24 Å². The number of rotatable bonds is 19. The molecule has 0 aliphatic carbocycles. The minimum absolute atomic E-state index is 0.325. The van der Waals surface area contributed by atoms with Gasteiger partial charge in [0.15, 0.2) is 0 Å². The van der Waals surface area contributed by atoms with E-state index in [1.807, 2.05) is 0 Å². The van der Waals surface area contributed by atoms with Crippen molar-refractivity contribution >= 4 is 0 Å². The average molecular weight is 382 g/mol. The molecule has 0 radical (unpaired) electrons. The summed E-state index contributed by atoms with van der Waals surface area (Å²) in [6, 6.07) is 0. The lowest BCUT2D eigenvalue weighted by Crippen LogP contribution is -2.55. The zero-order valence-electron chi connectivity index (χ0n) is 20.5. The van der Waals surface area contributed by atoms with Gasteiger partial charge in [-0.25, -0.2) is 0 Å². The Morgan fingerprint density at radius 3 is 1.19 bits per heavy atom. The van der Waals surface area contributed by atoms with Gasteiger partial charge in [-0.1, -0.05) is 104 Å². The van der Waals surface area contributed by atoms with Gasteiger partial charge in [0.2, 0.25) is 0 Å². The fraction of sp³-hybridized carbons (Fsp3) is 1.00. The van der Waals surface area contributed by atoms with Crippen LogP contribution in [-0.2, 0) is 0 Å². The molecule has 0 fully saturated rings. The number of hydrogen-bond donors (Lipinski definition) is 0. The molecule has 0 saturated carbocycles. The lowest BCUT2D eigenvalue weighted by atomic mass is 9.85. The van der Waals surface area contributed by atoms with E-state index >= 15 is 0 Å². The van der Waals surface area contributed by atoms with Crippen molar-refractivity contribution in [1.82, 2.24) is 4.90 Å². The van der Waals surface area contributed by atoms with Crippen molar-refractivity contribution in [2.24, 2.45) is 0 Å². The van der Waals surface area contributed by atoms with Gasteiger partial charge in [0.05, 0.1) is 0 Å². The maximum absolute atomic E-state index is 2.90. The van der Waals surface area contributed by atoms with Gasteiger partial charge in [0, 0.05) is 11.1 Å². The van der Waals surface area contributed by atoms with Gasteiger partial charge in [-0.05, 0) is 53.5 Å². The average Bonchev–Trinajstić information content (AvgIpc) is 2.61. The molecular formula is C26H55N. The Hall–Kier alpha value is -0.0400. The monoisotopic (exact) mass is 381 g/mol. The van der Waals surface area contributed by atoms with Crippen molar-refractivity contribution in [2.75, 3.05) is 6.54 Å². The van der Waals surface area contributed by atoms with Gasteiger partial charge in [-0.2, -0.15) is 0 Å². The second-order valence-corrected chi connectivity index (χ2v) is 10.2. The highest BCUT2D eigenvalue weighted by Crippen LogP contribution is 2.33. The first-order valence-corrected chi connectivity index (χ1v) is 12.6. The summed E-state index contributed by atoms with van der Waals surface area (Å²) in [5.74, 6) is 0. The van der Waals surface area contributed by atoms with Crippen LogP contribution in [0.3, 0.4) is 0 Å². The molecule has 0 heterocycles. The summed E-state index contributed by atoms with van der Waals surface area (Å²) in [5, 5.41) is 0. The molecule has 1 heteroatoms. The first-order valence-electron chi connectivity index (χ1n) is 12.6. The first-order chi connectivity index (χ1) is 12.8. The highest BCUT2D eigenvalue weighted by Gasteiger charge is 2.36. The largest absolute Gasteiger partial charge is 0.293 e. The molecule has 0 rings (SSSR count). The van der Waals surface area contributed by atoms with Crippen molar-refractivity contribution < 1.29 is 0 Å². The summed E-state index contributed by atoms with van der Waals surface area (Å²) in [5.41, 5.74) is 0.650. The highest BCUT2D eigenvalue weighted by atomic mass is 15.2. The van der Waals surface area contributed by atoms with Crippen molar-refractivity contribution in [2.45, 2.75) is 162 Å². The van der Waals surface area contributed by atoms with Crippen LogP contribution in [0.1, 0.15) is 151 Å². The Morgan fingerprint density at radius 2 is 0.778 bits per heavy atom. The van der Waals surface area contributed by atoms with Crippen molar-refractivity contribution in [3.8, 4) is 0 Å². The zero-order chi connectivity index (χ0) is 20.6. The van der Waals surface area contributed by atoms with Crippen molar-refractivity contribution in [1.29, 1.82) is 0 Å². The summed E-state index contributed by atoms with van der Waals surface area (Å²) in [6.07, 6.45) is 22.2. The van der Waals surface area contributed by atoms with E-state index in [1.165, 1.54) is 109 Å². The SMILES string of the molecule is CCCCCCCCN(C(C)(C)CCCCCC)C(C)(C)CCCCCC. The summed E-state index contributed by atoms with van der Waals surface area (Å²) in [6.45, 7) is 18.3. The van der Waals surface area contributed by atoms with E-state index in [9.17, 15) is 0 Å². The van der Waals surface area contributed by atoms with E-state index in [2.05, 4.69) is 53.4 Å². The number of unbranched alkanes of at least 4 members (excludes halogenated alkanes) is 11. The third-order valence-electron chi connectivity index (χ3n) is 6.48. The Bertz CT molecular complexity index is 294. The van der Waals surface area contributed by atoms with Crippen LogP contribution < -0.4 is 0 Å². The molecule has 0 aromatic heterocycles. The maximum atomic E-state index is 2.90. The van der Waals surface area contributed by atoms with Crippen molar-refractivity contribution in [3.63, 3.8) is 0 Å².